The maximum atomic E-state index is 11.4. The molecule has 1 N–H and O–H groups in total. The number of carbonyl (C=O) groups excluding carboxylic acids is 1. The Morgan fingerprint density at radius 2 is 2.21 bits per heavy atom. The van der Waals surface area contributed by atoms with E-state index < -0.39 is 0 Å². The fourth-order valence-corrected chi connectivity index (χ4v) is 1.79. The quantitative estimate of drug-likeness (QED) is 0.672. The first-order chi connectivity index (χ1) is 6.58. The SMILES string of the molecule is CC(C)=CC(=O)NC1CCCN(C)C1. The van der Waals surface area contributed by atoms with Gasteiger partial charge in [-0.3, -0.25) is 4.79 Å². The molecule has 1 aliphatic rings. The molecule has 1 saturated heterocycles. The van der Waals surface area contributed by atoms with Crippen molar-refractivity contribution in [2.24, 2.45) is 0 Å². The first-order valence-corrected chi connectivity index (χ1v) is 5.22. The summed E-state index contributed by atoms with van der Waals surface area (Å²) in [5, 5.41) is 3.02. The average molecular weight is 196 g/mol. The molecule has 0 spiro atoms. The Hall–Kier alpha value is -0.830. The lowest BCUT2D eigenvalue weighted by molar-refractivity contribution is -0.117. The smallest absolute Gasteiger partial charge is 0.244 e. The first kappa shape index (κ1) is 11.2. The second-order valence-corrected chi connectivity index (χ2v) is 4.33. The highest BCUT2D eigenvalue weighted by molar-refractivity contribution is 5.88. The molecule has 1 fully saturated rings. The molecule has 14 heavy (non-hydrogen) atoms. The van der Waals surface area contributed by atoms with E-state index in [9.17, 15) is 4.79 Å². The van der Waals surface area contributed by atoms with E-state index in [1.807, 2.05) is 13.8 Å². The van der Waals surface area contributed by atoms with Crippen LogP contribution in [-0.2, 0) is 4.79 Å². The van der Waals surface area contributed by atoms with Gasteiger partial charge in [0.15, 0.2) is 0 Å². The third-order valence-corrected chi connectivity index (χ3v) is 2.39. The Kier molecular flexibility index (Phi) is 4.14. The Morgan fingerprint density at radius 1 is 1.50 bits per heavy atom. The minimum absolute atomic E-state index is 0.0466. The van der Waals surface area contributed by atoms with Crippen LogP contribution in [0.1, 0.15) is 26.7 Å². The topological polar surface area (TPSA) is 32.3 Å². The van der Waals surface area contributed by atoms with Gasteiger partial charge in [0.25, 0.3) is 0 Å². The molecule has 0 saturated carbocycles. The van der Waals surface area contributed by atoms with E-state index in [-0.39, 0.29) is 5.91 Å². The van der Waals surface area contributed by atoms with Crippen LogP contribution in [-0.4, -0.2) is 37.0 Å². The van der Waals surface area contributed by atoms with Gasteiger partial charge in [-0.25, -0.2) is 0 Å². The van der Waals surface area contributed by atoms with Crippen LogP contribution in [0.25, 0.3) is 0 Å². The number of carbonyl (C=O) groups is 1. The lowest BCUT2D eigenvalue weighted by Gasteiger charge is -2.29. The van der Waals surface area contributed by atoms with E-state index in [1.54, 1.807) is 6.08 Å². The standard InChI is InChI=1S/C11H20N2O/c1-9(2)7-11(14)12-10-5-4-6-13(3)8-10/h7,10H,4-6,8H2,1-3H3,(H,12,14). The summed E-state index contributed by atoms with van der Waals surface area (Å²) in [6.07, 6.45) is 3.94. The van der Waals surface area contributed by atoms with Crippen molar-refractivity contribution in [1.29, 1.82) is 0 Å². The molecule has 3 heteroatoms. The number of nitrogens with one attached hydrogen (secondary N) is 1. The number of hydrogen-bond donors (Lipinski definition) is 1. The molecule has 0 bridgehead atoms. The van der Waals surface area contributed by atoms with Gasteiger partial charge in [-0.05, 0) is 40.3 Å². The van der Waals surface area contributed by atoms with E-state index >= 15 is 0 Å². The number of likely N-dealkylation sites (N-methyl/N-ethyl adjacent to an activating group) is 1. The van der Waals surface area contributed by atoms with Gasteiger partial charge in [0, 0.05) is 18.7 Å². The lowest BCUT2D eigenvalue weighted by Crippen LogP contribution is -2.45. The van der Waals surface area contributed by atoms with Crippen molar-refractivity contribution >= 4 is 5.91 Å². The highest BCUT2D eigenvalue weighted by Crippen LogP contribution is 2.07. The predicted molar refractivity (Wildman–Crippen MR) is 58.1 cm³/mol. The zero-order valence-electron chi connectivity index (χ0n) is 9.34. The van der Waals surface area contributed by atoms with Crippen LogP contribution in [0.15, 0.2) is 11.6 Å². The van der Waals surface area contributed by atoms with Crippen LogP contribution in [0.2, 0.25) is 0 Å². The summed E-state index contributed by atoms with van der Waals surface area (Å²) in [6.45, 7) is 6.00. The molecule has 1 atom stereocenters. The molecule has 1 aliphatic heterocycles. The Balaban J connectivity index is 2.36. The fraction of sp³-hybridized carbons (Fsp3) is 0.727. The summed E-state index contributed by atoms with van der Waals surface area (Å²) < 4.78 is 0. The van der Waals surface area contributed by atoms with E-state index in [0.717, 1.165) is 25.1 Å². The molecule has 3 nitrogen and oxygen atoms in total. The fourth-order valence-electron chi connectivity index (χ4n) is 1.79. The molecule has 1 amide bonds. The molecule has 0 aliphatic carbocycles. The van der Waals surface area contributed by atoms with Crippen LogP contribution >= 0.6 is 0 Å². The number of rotatable bonds is 2. The first-order valence-electron chi connectivity index (χ1n) is 5.22. The lowest BCUT2D eigenvalue weighted by atomic mass is 10.1. The molecule has 1 rings (SSSR count). The molecule has 0 aromatic rings. The largest absolute Gasteiger partial charge is 0.349 e. The van der Waals surface area contributed by atoms with Crippen molar-refractivity contribution < 1.29 is 4.79 Å². The Labute approximate surface area is 86.2 Å². The van der Waals surface area contributed by atoms with Crippen molar-refractivity contribution in [3.63, 3.8) is 0 Å². The van der Waals surface area contributed by atoms with Crippen LogP contribution < -0.4 is 5.32 Å². The minimum Gasteiger partial charge on any atom is -0.349 e. The molecule has 1 heterocycles. The third-order valence-electron chi connectivity index (χ3n) is 2.39. The second-order valence-electron chi connectivity index (χ2n) is 4.33. The second kappa shape index (κ2) is 5.15. The number of amides is 1. The van der Waals surface area contributed by atoms with Crippen LogP contribution in [0.4, 0.5) is 0 Å². The predicted octanol–water partition coefficient (Wildman–Crippen LogP) is 1.16. The van der Waals surface area contributed by atoms with Crippen molar-refractivity contribution in [3.8, 4) is 0 Å². The summed E-state index contributed by atoms with van der Waals surface area (Å²) in [6, 6.07) is 0.330. The molecule has 1 unspecified atom stereocenters. The summed E-state index contributed by atoms with van der Waals surface area (Å²) in [7, 11) is 2.10. The zero-order chi connectivity index (χ0) is 10.6. The van der Waals surface area contributed by atoms with Crippen molar-refractivity contribution in [2.45, 2.75) is 32.7 Å². The van der Waals surface area contributed by atoms with Gasteiger partial charge < -0.3 is 10.2 Å². The number of hydrogen-bond acceptors (Lipinski definition) is 2. The molecule has 0 aromatic carbocycles. The summed E-state index contributed by atoms with van der Waals surface area (Å²) in [5.41, 5.74) is 1.05. The highest BCUT2D eigenvalue weighted by atomic mass is 16.1. The third kappa shape index (κ3) is 3.92. The van der Waals surface area contributed by atoms with Crippen LogP contribution in [0.5, 0.6) is 0 Å². The van der Waals surface area contributed by atoms with Crippen LogP contribution in [0.3, 0.4) is 0 Å². The number of piperidine rings is 1. The average Bonchev–Trinajstić information content (AvgIpc) is 2.01. The summed E-state index contributed by atoms with van der Waals surface area (Å²) >= 11 is 0. The van der Waals surface area contributed by atoms with Gasteiger partial charge in [0.1, 0.15) is 0 Å². The normalized spacial score (nSPS) is 22.9. The number of likely N-dealkylation sites (tertiary alicyclic amines) is 1. The van der Waals surface area contributed by atoms with Crippen molar-refractivity contribution in [2.75, 3.05) is 20.1 Å². The summed E-state index contributed by atoms with van der Waals surface area (Å²) in [4.78, 5) is 13.7. The monoisotopic (exact) mass is 196 g/mol. The van der Waals surface area contributed by atoms with Gasteiger partial charge in [0.2, 0.25) is 5.91 Å². The van der Waals surface area contributed by atoms with Gasteiger partial charge in [-0.2, -0.15) is 0 Å². The summed E-state index contributed by atoms with van der Waals surface area (Å²) in [5.74, 6) is 0.0466. The maximum absolute atomic E-state index is 11.4. The molecule has 0 aromatic heterocycles. The zero-order valence-corrected chi connectivity index (χ0v) is 9.34. The Morgan fingerprint density at radius 3 is 2.79 bits per heavy atom. The van der Waals surface area contributed by atoms with Crippen LogP contribution in [0, 0.1) is 0 Å². The molecular formula is C11H20N2O. The van der Waals surface area contributed by atoms with Crippen molar-refractivity contribution in [3.05, 3.63) is 11.6 Å². The van der Waals surface area contributed by atoms with Gasteiger partial charge in [-0.1, -0.05) is 5.57 Å². The molecule has 0 radical (unpaired) electrons. The van der Waals surface area contributed by atoms with Gasteiger partial charge >= 0.3 is 0 Å². The van der Waals surface area contributed by atoms with E-state index in [2.05, 4.69) is 17.3 Å². The maximum Gasteiger partial charge on any atom is 0.244 e. The minimum atomic E-state index is 0.0466. The number of nitrogens with zero attached hydrogens (tertiary/aromatic N) is 1. The van der Waals surface area contributed by atoms with E-state index in [4.69, 9.17) is 0 Å². The highest BCUT2D eigenvalue weighted by Gasteiger charge is 2.17. The number of allylic oxidation sites excluding steroid dienone is 1. The van der Waals surface area contributed by atoms with E-state index in [0.29, 0.717) is 6.04 Å². The van der Waals surface area contributed by atoms with Gasteiger partial charge in [0.05, 0.1) is 0 Å². The van der Waals surface area contributed by atoms with E-state index in [1.165, 1.54) is 6.42 Å². The molecular weight excluding hydrogens is 176 g/mol. The van der Waals surface area contributed by atoms with Crippen molar-refractivity contribution in [1.82, 2.24) is 10.2 Å². The Bertz CT molecular complexity index is 231. The van der Waals surface area contributed by atoms with Gasteiger partial charge in [-0.15, -0.1) is 0 Å². The molecule has 80 valence electrons.